The summed E-state index contributed by atoms with van der Waals surface area (Å²) in [5, 5.41) is 0. The van der Waals surface area contributed by atoms with Crippen molar-refractivity contribution in [2.24, 2.45) is 11.8 Å². The van der Waals surface area contributed by atoms with Gasteiger partial charge in [0.2, 0.25) is 0 Å². The highest BCUT2D eigenvalue weighted by Gasteiger charge is 2.40. The van der Waals surface area contributed by atoms with Gasteiger partial charge in [0.05, 0.1) is 20.8 Å². The first-order valence-corrected chi connectivity index (χ1v) is 8.30. The summed E-state index contributed by atoms with van der Waals surface area (Å²) in [4.78, 5) is 10.2. The van der Waals surface area contributed by atoms with Crippen LogP contribution in [0, 0.1) is 11.8 Å². The Labute approximate surface area is 98.8 Å². The summed E-state index contributed by atoms with van der Waals surface area (Å²) in [6.07, 6.45) is 2.36. The fourth-order valence-electron chi connectivity index (χ4n) is 1.43. The van der Waals surface area contributed by atoms with Crippen molar-refractivity contribution in [1.82, 2.24) is 0 Å². The van der Waals surface area contributed by atoms with Crippen LogP contribution >= 0.6 is 16.6 Å². The first-order chi connectivity index (χ1) is 7.65. The van der Waals surface area contributed by atoms with Crippen LogP contribution in [0.1, 0.15) is 12.8 Å². The number of hydrogen-bond donors (Lipinski definition) is 0. The lowest BCUT2D eigenvalue weighted by atomic mass is 10.1. The number of carbonyl (C=O) groups excluding carboxylic acids is 1. The molecule has 2 unspecified atom stereocenters. The van der Waals surface area contributed by atoms with E-state index in [9.17, 15) is 4.79 Å². The molecule has 5 nitrogen and oxygen atoms in total. The molecule has 0 heterocycles. The molecule has 0 radical (unpaired) electrons. The Bertz CT molecular complexity index is 218. The van der Waals surface area contributed by atoms with Crippen molar-refractivity contribution < 1.29 is 23.1 Å². The topological polar surface area (TPSA) is 54.0 Å². The van der Waals surface area contributed by atoms with Crippen LogP contribution in [0.15, 0.2) is 0 Å². The molecule has 1 fully saturated rings. The maximum absolute atomic E-state index is 10.2. The van der Waals surface area contributed by atoms with Gasteiger partial charge in [0.1, 0.15) is 15.5 Å². The van der Waals surface area contributed by atoms with Crippen molar-refractivity contribution in [1.29, 1.82) is 0 Å². The van der Waals surface area contributed by atoms with Crippen LogP contribution in [0.5, 0.6) is 0 Å². The predicted molar refractivity (Wildman–Crippen MR) is 64.8 cm³/mol. The molecule has 0 aromatic carbocycles. The molecule has 0 aliphatic heterocycles. The zero-order chi connectivity index (χ0) is 12.0. The lowest BCUT2D eigenvalue weighted by molar-refractivity contribution is -0.130. The first-order valence-electron chi connectivity index (χ1n) is 5.14. The second-order valence-corrected chi connectivity index (χ2v) is 7.69. The van der Waals surface area contributed by atoms with Gasteiger partial charge in [-0.1, -0.05) is 0 Å². The summed E-state index contributed by atoms with van der Waals surface area (Å²) in [6.45, 7) is 1.38. The van der Waals surface area contributed by atoms with Crippen molar-refractivity contribution in [3.8, 4) is 0 Å². The zero-order valence-corrected chi connectivity index (χ0v) is 11.7. The van der Waals surface area contributed by atoms with Gasteiger partial charge < -0.3 is 4.74 Å². The summed E-state index contributed by atoms with van der Waals surface area (Å²) in [5.74, 6) is 0.850. The summed E-state index contributed by atoms with van der Waals surface area (Å²) < 4.78 is 20.7. The fourth-order valence-corrected chi connectivity index (χ4v) is 2.45. The Balaban J connectivity index is 2.33. The smallest absolute Gasteiger partial charge is 0.421 e. The van der Waals surface area contributed by atoms with Crippen molar-refractivity contribution in [2.75, 3.05) is 27.4 Å². The van der Waals surface area contributed by atoms with Crippen LogP contribution in [0.2, 0.25) is 0 Å². The minimum atomic E-state index is -2.26. The van der Waals surface area contributed by atoms with Crippen LogP contribution in [0.25, 0.3) is 0 Å². The molecular weight excluding hydrogens is 250 g/mol. The quantitative estimate of drug-likeness (QED) is 0.473. The van der Waals surface area contributed by atoms with Crippen LogP contribution in [-0.4, -0.2) is 33.9 Å². The van der Waals surface area contributed by atoms with E-state index < -0.39 is 7.63 Å². The first kappa shape index (κ1) is 14.3. The molecule has 16 heavy (non-hydrogen) atoms. The van der Waals surface area contributed by atoms with E-state index in [1.54, 1.807) is 14.2 Å². The van der Waals surface area contributed by atoms with E-state index in [4.69, 9.17) is 18.3 Å². The third kappa shape index (κ3) is 4.60. The van der Waals surface area contributed by atoms with Gasteiger partial charge in [-0.05, 0) is 18.8 Å². The zero-order valence-electron chi connectivity index (χ0n) is 9.63. The normalized spacial score (nSPS) is 18.2. The Kier molecular flexibility index (Phi) is 6.09. The Hall–Kier alpha value is 0.210. The SMILES string of the molecule is CO[P+](P)(OC)OCC(COC=O)C1CC1. The van der Waals surface area contributed by atoms with Crippen molar-refractivity contribution >= 4 is 23.0 Å². The van der Waals surface area contributed by atoms with Crippen LogP contribution in [-0.2, 0) is 23.1 Å². The Morgan fingerprint density at radius 3 is 2.44 bits per heavy atom. The van der Waals surface area contributed by atoms with Crippen molar-refractivity contribution in [3.05, 3.63) is 0 Å². The lowest BCUT2D eigenvalue weighted by Gasteiger charge is -2.18. The molecule has 7 heteroatoms. The van der Waals surface area contributed by atoms with E-state index in [0.717, 1.165) is 0 Å². The molecule has 0 spiro atoms. The molecule has 0 amide bonds. The molecule has 1 rings (SSSR count). The highest BCUT2D eigenvalue weighted by atomic mass is 32.1. The molecule has 2 atom stereocenters. The molecule has 0 N–H and O–H groups in total. The van der Waals surface area contributed by atoms with Gasteiger partial charge >= 0.3 is 7.63 Å². The maximum atomic E-state index is 10.2. The molecule has 1 aliphatic carbocycles. The van der Waals surface area contributed by atoms with Gasteiger partial charge in [0.15, 0.2) is 0 Å². The van der Waals surface area contributed by atoms with Crippen molar-refractivity contribution in [2.45, 2.75) is 12.8 Å². The fraction of sp³-hybridized carbons (Fsp3) is 0.889. The molecule has 0 saturated heterocycles. The summed E-state index contributed by atoms with van der Waals surface area (Å²) in [7, 11) is 3.32. The second-order valence-electron chi connectivity index (χ2n) is 3.73. The minimum Gasteiger partial charge on any atom is -0.467 e. The number of rotatable bonds is 9. The Morgan fingerprint density at radius 2 is 2.00 bits per heavy atom. The third-order valence-corrected chi connectivity index (χ3v) is 5.88. The van der Waals surface area contributed by atoms with E-state index in [1.807, 2.05) is 0 Å². The van der Waals surface area contributed by atoms with Gasteiger partial charge in [-0.25, -0.2) is 0 Å². The summed E-state index contributed by atoms with van der Waals surface area (Å²) in [5.41, 5.74) is 0. The van der Waals surface area contributed by atoms with Crippen LogP contribution in [0.3, 0.4) is 0 Å². The Morgan fingerprint density at radius 1 is 1.38 bits per heavy atom. The standard InChI is InChI=1S/C9H19O5P2/c1-11-16(15,12-2)14-6-9(5-13-7-10)8-3-4-8/h7-9H,3-6,15H2,1-2H3/q+1. The van der Waals surface area contributed by atoms with Gasteiger partial charge in [-0.2, -0.15) is 13.6 Å². The van der Waals surface area contributed by atoms with E-state index in [1.165, 1.54) is 12.8 Å². The summed E-state index contributed by atoms with van der Waals surface area (Å²) >= 11 is 0. The molecular formula is C9H19O5P2+. The second kappa shape index (κ2) is 6.83. The third-order valence-electron chi connectivity index (χ3n) is 2.64. The van der Waals surface area contributed by atoms with Gasteiger partial charge in [-0.3, -0.25) is 4.79 Å². The largest absolute Gasteiger partial charge is 0.467 e. The van der Waals surface area contributed by atoms with Crippen LogP contribution in [0.4, 0.5) is 0 Å². The predicted octanol–water partition coefficient (Wildman–Crippen LogP) is 2.05. The van der Waals surface area contributed by atoms with Crippen molar-refractivity contribution in [3.63, 3.8) is 0 Å². The van der Waals surface area contributed by atoms with E-state index in [-0.39, 0.29) is 5.92 Å². The molecule has 0 bridgehead atoms. The minimum absolute atomic E-state index is 0.246. The average Bonchev–Trinajstić information content (AvgIpc) is 3.13. The maximum Gasteiger partial charge on any atom is 0.421 e. The van der Waals surface area contributed by atoms with Crippen LogP contribution < -0.4 is 0 Å². The molecule has 0 aromatic rings. The van der Waals surface area contributed by atoms with Gasteiger partial charge in [0, 0.05) is 5.92 Å². The highest BCUT2D eigenvalue weighted by Crippen LogP contribution is 2.68. The number of ether oxygens (including phenoxy) is 1. The monoisotopic (exact) mass is 269 g/mol. The van der Waals surface area contributed by atoms with E-state index >= 15 is 0 Å². The number of hydrogen-bond acceptors (Lipinski definition) is 5. The average molecular weight is 269 g/mol. The molecule has 0 aromatic heterocycles. The van der Waals surface area contributed by atoms with Gasteiger partial charge in [0.25, 0.3) is 6.47 Å². The van der Waals surface area contributed by atoms with Gasteiger partial charge in [-0.15, -0.1) is 0 Å². The lowest BCUT2D eigenvalue weighted by Crippen LogP contribution is -2.18. The number of carbonyl (C=O) groups is 1. The van der Waals surface area contributed by atoms with E-state index in [0.29, 0.717) is 25.6 Å². The molecule has 1 aliphatic rings. The highest BCUT2D eigenvalue weighted by molar-refractivity contribution is 8.16. The molecule has 94 valence electrons. The summed E-state index contributed by atoms with van der Waals surface area (Å²) in [6, 6.07) is 0. The van der Waals surface area contributed by atoms with E-state index in [2.05, 4.69) is 8.93 Å². The molecule has 1 saturated carbocycles.